The summed E-state index contributed by atoms with van der Waals surface area (Å²) in [5, 5.41) is 3.04. The van der Waals surface area contributed by atoms with E-state index in [1.165, 1.54) is 13.2 Å². The van der Waals surface area contributed by atoms with Crippen molar-refractivity contribution >= 4 is 11.7 Å². The van der Waals surface area contributed by atoms with E-state index < -0.39 is 0 Å². The van der Waals surface area contributed by atoms with Gasteiger partial charge in [-0.2, -0.15) is 0 Å². The minimum atomic E-state index is -0.359. The molecule has 0 amide bonds. The maximum Gasteiger partial charge on any atom is 0.333 e. The number of methoxy groups -OCH3 is 1. The van der Waals surface area contributed by atoms with E-state index in [-0.39, 0.29) is 11.8 Å². The van der Waals surface area contributed by atoms with Crippen LogP contribution in [0.4, 0.5) is 10.1 Å². The van der Waals surface area contributed by atoms with Gasteiger partial charge < -0.3 is 10.1 Å². The molecule has 0 bridgehead atoms. The molecule has 0 fully saturated rings. The molecule has 4 heteroatoms. The highest BCUT2D eigenvalue weighted by Crippen LogP contribution is 2.16. The van der Waals surface area contributed by atoms with Crippen LogP contribution in [0, 0.1) is 12.7 Å². The van der Waals surface area contributed by atoms with E-state index in [1.54, 1.807) is 32.1 Å². The van der Waals surface area contributed by atoms with Gasteiger partial charge in [0.15, 0.2) is 0 Å². The second-order valence-corrected chi connectivity index (χ2v) is 3.67. The summed E-state index contributed by atoms with van der Waals surface area (Å²) in [6.07, 6.45) is 1.70. The monoisotopic (exact) mass is 237 g/mol. The highest BCUT2D eigenvalue weighted by molar-refractivity contribution is 5.87. The van der Waals surface area contributed by atoms with Crippen LogP contribution in [0.25, 0.3) is 0 Å². The molecule has 3 nitrogen and oxygen atoms in total. The predicted octanol–water partition coefficient (Wildman–Crippen LogP) is 2.67. The molecular weight excluding hydrogens is 221 g/mol. The van der Waals surface area contributed by atoms with Crippen LogP contribution in [-0.2, 0) is 9.53 Å². The van der Waals surface area contributed by atoms with Crippen molar-refractivity contribution in [2.45, 2.75) is 13.8 Å². The van der Waals surface area contributed by atoms with Gasteiger partial charge in [0.05, 0.1) is 7.11 Å². The zero-order valence-electron chi connectivity index (χ0n) is 10.2. The molecule has 0 radical (unpaired) electrons. The molecule has 0 saturated heterocycles. The first kappa shape index (κ1) is 13.2. The number of esters is 1. The van der Waals surface area contributed by atoms with Gasteiger partial charge in [-0.3, -0.25) is 0 Å². The Morgan fingerprint density at radius 1 is 1.53 bits per heavy atom. The Balaban J connectivity index is 2.63. The van der Waals surface area contributed by atoms with Crippen LogP contribution >= 0.6 is 0 Å². The van der Waals surface area contributed by atoms with Crippen molar-refractivity contribution in [1.82, 2.24) is 0 Å². The van der Waals surface area contributed by atoms with Gasteiger partial charge in [-0.25, -0.2) is 9.18 Å². The lowest BCUT2D eigenvalue weighted by molar-refractivity contribution is -0.136. The quantitative estimate of drug-likeness (QED) is 0.646. The van der Waals surface area contributed by atoms with E-state index in [2.05, 4.69) is 10.1 Å². The predicted molar refractivity (Wildman–Crippen MR) is 65.4 cm³/mol. The molecule has 1 rings (SSSR count). The molecule has 1 aromatic rings. The highest BCUT2D eigenvalue weighted by atomic mass is 19.1. The molecule has 0 spiro atoms. The van der Waals surface area contributed by atoms with Gasteiger partial charge in [0, 0.05) is 23.4 Å². The zero-order valence-corrected chi connectivity index (χ0v) is 10.2. The van der Waals surface area contributed by atoms with E-state index in [4.69, 9.17) is 0 Å². The van der Waals surface area contributed by atoms with Gasteiger partial charge in [0.2, 0.25) is 0 Å². The molecule has 0 unspecified atom stereocenters. The first-order chi connectivity index (χ1) is 8.06. The average Bonchev–Trinajstić information content (AvgIpc) is 2.33. The van der Waals surface area contributed by atoms with Crippen LogP contribution in [0.5, 0.6) is 0 Å². The number of carbonyl (C=O) groups excluding carboxylic acids is 1. The van der Waals surface area contributed by atoms with Gasteiger partial charge in [0.25, 0.3) is 0 Å². The standard InChI is InChI=1S/C13H16FNO2/c1-9(13(16)17-3)7-8-15-12-6-4-5-11(14)10(12)2/h4-7,15H,8H2,1-3H3/b9-7+. The lowest BCUT2D eigenvalue weighted by Gasteiger charge is -2.08. The number of hydrogen-bond acceptors (Lipinski definition) is 3. The number of halogens is 1. The third-order valence-corrected chi connectivity index (χ3v) is 2.48. The van der Waals surface area contributed by atoms with Crippen LogP contribution in [0.1, 0.15) is 12.5 Å². The fourth-order valence-corrected chi connectivity index (χ4v) is 1.36. The van der Waals surface area contributed by atoms with Crippen molar-refractivity contribution < 1.29 is 13.9 Å². The summed E-state index contributed by atoms with van der Waals surface area (Å²) in [5.74, 6) is -0.605. The molecule has 92 valence electrons. The fourth-order valence-electron chi connectivity index (χ4n) is 1.36. The van der Waals surface area contributed by atoms with Crippen LogP contribution in [0.2, 0.25) is 0 Å². The Bertz CT molecular complexity index is 441. The maximum absolute atomic E-state index is 13.2. The van der Waals surface area contributed by atoms with Crippen molar-refractivity contribution in [3.05, 3.63) is 41.2 Å². The zero-order chi connectivity index (χ0) is 12.8. The van der Waals surface area contributed by atoms with Gasteiger partial charge >= 0.3 is 5.97 Å². The number of anilines is 1. The highest BCUT2D eigenvalue weighted by Gasteiger charge is 2.03. The molecule has 1 aromatic carbocycles. The molecule has 1 N–H and O–H groups in total. The molecule has 0 aliphatic carbocycles. The molecule has 17 heavy (non-hydrogen) atoms. The second-order valence-electron chi connectivity index (χ2n) is 3.67. The number of hydrogen-bond donors (Lipinski definition) is 1. The number of rotatable bonds is 4. The summed E-state index contributed by atoms with van der Waals surface area (Å²) in [5.41, 5.74) is 1.81. The maximum atomic E-state index is 13.2. The molecule has 0 aromatic heterocycles. The van der Waals surface area contributed by atoms with Crippen molar-refractivity contribution in [3.63, 3.8) is 0 Å². The SMILES string of the molecule is COC(=O)/C(C)=C/CNc1cccc(F)c1C. The summed E-state index contributed by atoms with van der Waals surface area (Å²) < 4.78 is 17.8. The Morgan fingerprint density at radius 3 is 2.88 bits per heavy atom. The van der Waals surface area contributed by atoms with Crippen molar-refractivity contribution in [1.29, 1.82) is 0 Å². The minimum Gasteiger partial charge on any atom is -0.466 e. The lowest BCUT2D eigenvalue weighted by atomic mass is 10.2. The molecular formula is C13H16FNO2. The number of carbonyl (C=O) groups is 1. The summed E-state index contributed by atoms with van der Waals surface area (Å²) in [7, 11) is 1.34. The number of ether oxygens (including phenoxy) is 1. The van der Waals surface area contributed by atoms with Crippen LogP contribution in [-0.4, -0.2) is 19.6 Å². The van der Waals surface area contributed by atoms with Crippen molar-refractivity contribution in [2.75, 3.05) is 19.0 Å². The van der Waals surface area contributed by atoms with Crippen LogP contribution in [0.3, 0.4) is 0 Å². The van der Waals surface area contributed by atoms with Crippen molar-refractivity contribution in [3.8, 4) is 0 Å². The van der Waals surface area contributed by atoms with Crippen LogP contribution in [0.15, 0.2) is 29.8 Å². The van der Waals surface area contributed by atoms with Gasteiger partial charge in [-0.1, -0.05) is 12.1 Å². The van der Waals surface area contributed by atoms with Crippen LogP contribution < -0.4 is 5.32 Å². The van der Waals surface area contributed by atoms with E-state index in [0.29, 0.717) is 17.7 Å². The summed E-state index contributed by atoms with van der Waals surface area (Å²) in [6, 6.07) is 4.84. The first-order valence-electron chi connectivity index (χ1n) is 5.30. The topological polar surface area (TPSA) is 38.3 Å². The van der Waals surface area contributed by atoms with E-state index in [1.807, 2.05) is 0 Å². The first-order valence-corrected chi connectivity index (χ1v) is 5.30. The number of nitrogens with one attached hydrogen (secondary N) is 1. The third-order valence-electron chi connectivity index (χ3n) is 2.48. The Morgan fingerprint density at radius 2 is 2.24 bits per heavy atom. The normalized spacial score (nSPS) is 11.2. The smallest absolute Gasteiger partial charge is 0.333 e. The summed E-state index contributed by atoms with van der Waals surface area (Å²) in [4.78, 5) is 11.1. The summed E-state index contributed by atoms with van der Waals surface area (Å²) >= 11 is 0. The average molecular weight is 237 g/mol. The molecule has 0 atom stereocenters. The van der Waals surface area contributed by atoms with Gasteiger partial charge in [-0.05, 0) is 26.0 Å². The molecule has 0 aliphatic rings. The molecule has 0 heterocycles. The Hall–Kier alpha value is -1.84. The molecule has 0 aliphatic heterocycles. The molecule has 0 saturated carbocycles. The Labute approximate surface area is 100 Å². The fraction of sp³-hybridized carbons (Fsp3) is 0.308. The lowest BCUT2D eigenvalue weighted by Crippen LogP contribution is -2.06. The Kier molecular flexibility index (Phi) is 4.69. The van der Waals surface area contributed by atoms with Crippen molar-refractivity contribution in [2.24, 2.45) is 0 Å². The number of benzene rings is 1. The van der Waals surface area contributed by atoms with E-state index in [9.17, 15) is 9.18 Å². The minimum absolute atomic E-state index is 0.247. The van der Waals surface area contributed by atoms with Gasteiger partial charge in [-0.15, -0.1) is 0 Å². The van der Waals surface area contributed by atoms with E-state index >= 15 is 0 Å². The summed E-state index contributed by atoms with van der Waals surface area (Å²) in [6.45, 7) is 3.83. The largest absolute Gasteiger partial charge is 0.466 e. The van der Waals surface area contributed by atoms with E-state index in [0.717, 1.165) is 5.69 Å². The second kappa shape index (κ2) is 6.03. The third kappa shape index (κ3) is 3.59. The van der Waals surface area contributed by atoms with Gasteiger partial charge in [0.1, 0.15) is 5.82 Å².